The molecule has 0 aliphatic carbocycles. The maximum Gasteiger partial charge on any atom is 0.235 e. The molecular weight excluding hydrogens is 380 g/mol. The lowest BCUT2D eigenvalue weighted by molar-refractivity contribution is -0.132. The number of nitrogens with one attached hydrogen (secondary N) is 1. The van der Waals surface area contributed by atoms with Gasteiger partial charge in [-0.3, -0.25) is 4.79 Å². The second-order valence-electron chi connectivity index (χ2n) is 7.15. The summed E-state index contributed by atoms with van der Waals surface area (Å²) in [6.45, 7) is 8.09. The number of hydrogen-bond acceptors (Lipinski definition) is 7. The molecule has 1 fully saturated rings. The minimum Gasteiger partial charge on any atom is -0.495 e. The number of amides is 1. The van der Waals surface area contributed by atoms with Crippen LogP contribution in [0.3, 0.4) is 0 Å². The quantitative estimate of drug-likeness (QED) is 0.723. The highest BCUT2D eigenvalue weighted by molar-refractivity contribution is 8.02. The summed E-state index contributed by atoms with van der Waals surface area (Å²) in [6.07, 6.45) is 1.19. The Morgan fingerprint density at radius 2 is 2.00 bits per heavy atom. The molecule has 0 spiro atoms. The number of piperidine rings is 1. The Kier molecular flexibility index (Phi) is 6.59. The van der Waals surface area contributed by atoms with Crippen LogP contribution in [-0.2, 0) is 4.79 Å². The molecule has 8 heteroatoms. The summed E-state index contributed by atoms with van der Waals surface area (Å²) < 4.78 is 6.13. The summed E-state index contributed by atoms with van der Waals surface area (Å²) in [5.41, 5.74) is 0.841. The molecule has 1 aromatic heterocycles. The predicted molar refractivity (Wildman–Crippen MR) is 111 cm³/mol. The average Bonchev–Trinajstić information content (AvgIpc) is 3.07. The van der Waals surface area contributed by atoms with E-state index in [2.05, 4.69) is 29.4 Å². The van der Waals surface area contributed by atoms with Crippen LogP contribution in [0.15, 0.2) is 28.6 Å². The molecule has 3 unspecified atom stereocenters. The van der Waals surface area contributed by atoms with E-state index in [1.54, 1.807) is 7.11 Å². The normalized spacial score (nSPS) is 21.0. The zero-order valence-electron chi connectivity index (χ0n) is 16.1. The van der Waals surface area contributed by atoms with Gasteiger partial charge in [-0.15, -0.1) is 10.2 Å². The van der Waals surface area contributed by atoms with Crippen molar-refractivity contribution in [1.29, 1.82) is 0 Å². The van der Waals surface area contributed by atoms with Crippen molar-refractivity contribution in [3.05, 3.63) is 24.3 Å². The number of nitrogens with zero attached hydrogens (tertiary/aromatic N) is 3. The molecule has 0 radical (unpaired) electrons. The van der Waals surface area contributed by atoms with Crippen molar-refractivity contribution in [3.63, 3.8) is 0 Å². The summed E-state index contributed by atoms with van der Waals surface area (Å²) in [7, 11) is 1.64. The molecule has 0 bridgehead atoms. The lowest BCUT2D eigenvalue weighted by Gasteiger charge is -2.36. The Labute approximate surface area is 168 Å². The van der Waals surface area contributed by atoms with E-state index >= 15 is 0 Å². The first-order chi connectivity index (χ1) is 13.0. The number of rotatable bonds is 6. The number of carbonyl (C=O) groups is 1. The zero-order valence-corrected chi connectivity index (χ0v) is 17.8. The van der Waals surface area contributed by atoms with E-state index in [1.807, 2.05) is 36.1 Å². The number of anilines is 2. The number of methoxy groups -OCH3 is 1. The van der Waals surface area contributed by atoms with Crippen molar-refractivity contribution in [2.45, 2.75) is 36.8 Å². The van der Waals surface area contributed by atoms with E-state index in [4.69, 9.17) is 4.74 Å². The molecule has 1 aliphatic rings. The van der Waals surface area contributed by atoms with Crippen LogP contribution in [0.1, 0.15) is 27.2 Å². The van der Waals surface area contributed by atoms with Crippen LogP contribution in [0.5, 0.6) is 5.75 Å². The third kappa shape index (κ3) is 5.13. The van der Waals surface area contributed by atoms with E-state index in [0.717, 1.165) is 28.9 Å². The Hall–Kier alpha value is -1.80. The molecule has 1 aromatic carbocycles. The fraction of sp³-hybridized carbons (Fsp3) is 0.526. The van der Waals surface area contributed by atoms with E-state index in [9.17, 15) is 4.79 Å². The molecule has 6 nitrogen and oxygen atoms in total. The molecule has 3 rings (SSSR count). The van der Waals surface area contributed by atoms with Crippen molar-refractivity contribution in [2.24, 2.45) is 11.8 Å². The first-order valence-electron chi connectivity index (χ1n) is 9.15. The minimum absolute atomic E-state index is 0.172. The van der Waals surface area contributed by atoms with Gasteiger partial charge in [0, 0.05) is 13.1 Å². The third-order valence-electron chi connectivity index (χ3n) is 4.56. The van der Waals surface area contributed by atoms with Gasteiger partial charge in [0.2, 0.25) is 11.0 Å². The zero-order chi connectivity index (χ0) is 19.4. The number of thioether (sulfide) groups is 1. The standard InChI is InChI=1S/C19H26N4O2S2/c1-12-9-13(2)11-23(10-12)17(24)14(3)26-19-22-21-18(27-19)20-15-7-5-6-8-16(15)25-4/h5-8,12-14H,9-11H2,1-4H3,(H,20,21). The Morgan fingerprint density at radius 3 is 2.70 bits per heavy atom. The molecule has 1 N–H and O–H groups in total. The third-order valence-corrected chi connectivity index (χ3v) is 6.57. The van der Waals surface area contributed by atoms with Crippen molar-refractivity contribution >= 4 is 39.8 Å². The molecule has 1 aliphatic heterocycles. The summed E-state index contributed by atoms with van der Waals surface area (Å²) in [4.78, 5) is 14.8. The van der Waals surface area contributed by atoms with Gasteiger partial charge in [-0.2, -0.15) is 0 Å². The first-order valence-corrected chi connectivity index (χ1v) is 10.8. The molecule has 1 saturated heterocycles. The second-order valence-corrected chi connectivity index (χ2v) is 9.71. The highest BCUT2D eigenvalue weighted by Crippen LogP contribution is 2.34. The SMILES string of the molecule is COc1ccccc1Nc1nnc(SC(C)C(=O)N2CC(C)CC(C)C2)s1. The average molecular weight is 407 g/mol. The molecule has 2 heterocycles. The van der Waals surface area contributed by atoms with E-state index < -0.39 is 0 Å². The lowest BCUT2D eigenvalue weighted by Crippen LogP contribution is -2.45. The van der Waals surface area contributed by atoms with Crippen LogP contribution in [0, 0.1) is 11.8 Å². The van der Waals surface area contributed by atoms with Crippen LogP contribution >= 0.6 is 23.1 Å². The van der Waals surface area contributed by atoms with Gasteiger partial charge in [-0.1, -0.05) is 49.1 Å². The molecule has 0 saturated carbocycles. The van der Waals surface area contributed by atoms with Crippen molar-refractivity contribution in [1.82, 2.24) is 15.1 Å². The fourth-order valence-corrected chi connectivity index (χ4v) is 5.46. The fourth-order valence-electron chi connectivity index (χ4n) is 3.47. The van der Waals surface area contributed by atoms with Crippen LogP contribution < -0.4 is 10.1 Å². The van der Waals surface area contributed by atoms with Crippen molar-refractivity contribution in [3.8, 4) is 5.75 Å². The number of carbonyl (C=O) groups excluding carboxylic acids is 1. The molecule has 2 aromatic rings. The predicted octanol–water partition coefficient (Wildman–Crippen LogP) is 4.28. The van der Waals surface area contributed by atoms with E-state index in [-0.39, 0.29) is 11.2 Å². The van der Waals surface area contributed by atoms with Crippen molar-refractivity contribution < 1.29 is 9.53 Å². The van der Waals surface area contributed by atoms with Gasteiger partial charge < -0.3 is 15.0 Å². The number of benzene rings is 1. The van der Waals surface area contributed by atoms with Gasteiger partial charge in [-0.25, -0.2) is 0 Å². The molecule has 1 amide bonds. The number of likely N-dealkylation sites (tertiary alicyclic amines) is 1. The van der Waals surface area contributed by atoms with Gasteiger partial charge in [-0.05, 0) is 37.3 Å². The van der Waals surface area contributed by atoms with Gasteiger partial charge in [0.05, 0.1) is 18.0 Å². The highest BCUT2D eigenvalue weighted by Gasteiger charge is 2.29. The first kappa shape index (κ1) is 19.9. The Morgan fingerprint density at radius 1 is 1.30 bits per heavy atom. The molecule has 3 atom stereocenters. The van der Waals surface area contributed by atoms with Gasteiger partial charge in [0.15, 0.2) is 4.34 Å². The number of aromatic nitrogens is 2. The van der Waals surface area contributed by atoms with Crippen LogP contribution in [0.2, 0.25) is 0 Å². The van der Waals surface area contributed by atoms with Gasteiger partial charge in [0.1, 0.15) is 5.75 Å². The van der Waals surface area contributed by atoms with Crippen LogP contribution in [0.4, 0.5) is 10.8 Å². The second kappa shape index (κ2) is 8.93. The summed E-state index contributed by atoms with van der Waals surface area (Å²) in [6, 6.07) is 7.67. The van der Waals surface area contributed by atoms with Crippen LogP contribution in [0.25, 0.3) is 0 Å². The minimum atomic E-state index is -0.172. The number of ether oxygens (including phenoxy) is 1. The lowest BCUT2D eigenvalue weighted by atomic mass is 9.92. The van der Waals surface area contributed by atoms with Crippen LogP contribution in [-0.4, -0.2) is 46.5 Å². The monoisotopic (exact) mass is 406 g/mol. The molecule has 27 heavy (non-hydrogen) atoms. The highest BCUT2D eigenvalue weighted by atomic mass is 32.2. The van der Waals surface area contributed by atoms with Gasteiger partial charge >= 0.3 is 0 Å². The number of hydrogen-bond donors (Lipinski definition) is 1. The van der Waals surface area contributed by atoms with Crippen molar-refractivity contribution in [2.75, 3.05) is 25.5 Å². The maximum absolute atomic E-state index is 12.8. The largest absolute Gasteiger partial charge is 0.495 e. The summed E-state index contributed by atoms with van der Waals surface area (Å²) in [5, 5.41) is 12.2. The topological polar surface area (TPSA) is 67.3 Å². The van der Waals surface area contributed by atoms with E-state index in [0.29, 0.717) is 17.0 Å². The molecule has 146 valence electrons. The maximum atomic E-state index is 12.8. The summed E-state index contributed by atoms with van der Waals surface area (Å²) >= 11 is 2.92. The van der Waals surface area contributed by atoms with E-state index in [1.165, 1.54) is 29.5 Å². The van der Waals surface area contributed by atoms with Gasteiger partial charge in [0.25, 0.3) is 0 Å². The smallest absolute Gasteiger partial charge is 0.235 e. The Balaban J connectivity index is 1.60. The summed E-state index contributed by atoms with van der Waals surface area (Å²) in [5.74, 6) is 2.06. The Bertz CT molecular complexity index is 773. The number of para-hydroxylation sites is 2. The molecular formula is C19H26N4O2S2.